The lowest BCUT2D eigenvalue weighted by molar-refractivity contribution is -0.189. The molecule has 2 rings (SSSR count). The number of aliphatic hydroxyl groups excluding tert-OH is 1. The Labute approximate surface area is 117 Å². The summed E-state index contributed by atoms with van der Waals surface area (Å²) in [7, 11) is 0. The molecule has 0 radical (unpaired) electrons. The second-order valence-corrected chi connectivity index (χ2v) is 5.39. The van der Waals surface area contributed by atoms with E-state index in [2.05, 4.69) is 5.32 Å². The summed E-state index contributed by atoms with van der Waals surface area (Å²) in [6.07, 6.45) is -1.79. The Bertz CT molecular complexity index is 416. The van der Waals surface area contributed by atoms with Gasteiger partial charge >= 0.3 is 6.18 Å². The second kappa shape index (κ2) is 6.59. The quantitative estimate of drug-likeness (QED) is 0.889. The van der Waals surface area contributed by atoms with Gasteiger partial charge in [-0.1, -0.05) is 37.1 Å². The molecule has 0 aliphatic heterocycles. The molecule has 0 aromatic heterocycles. The third kappa shape index (κ3) is 3.96. The van der Waals surface area contributed by atoms with Gasteiger partial charge in [-0.05, 0) is 24.0 Å². The summed E-state index contributed by atoms with van der Waals surface area (Å²) in [6.45, 7) is 0.412. The van der Waals surface area contributed by atoms with Crippen LogP contribution in [0.5, 0.6) is 0 Å². The number of hydrogen-bond donors (Lipinski definition) is 2. The Morgan fingerprint density at radius 1 is 1.05 bits per heavy atom. The Hall–Kier alpha value is -1.07. The van der Waals surface area contributed by atoms with Crippen molar-refractivity contribution in [3.05, 3.63) is 35.4 Å². The minimum Gasteiger partial charge on any atom is -0.392 e. The fourth-order valence-electron chi connectivity index (χ4n) is 2.78. The van der Waals surface area contributed by atoms with E-state index in [0.29, 0.717) is 19.4 Å². The SMILES string of the molecule is OCc1ccc(CNC2CCCCC2C(F)(F)F)cc1. The predicted molar refractivity (Wildman–Crippen MR) is 71.0 cm³/mol. The minimum absolute atomic E-state index is 0.0213. The van der Waals surface area contributed by atoms with Gasteiger partial charge in [0.2, 0.25) is 0 Å². The molecule has 1 fully saturated rings. The zero-order chi connectivity index (χ0) is 14.6. The van der Waals surface area contributed by atoms with Crippen LogP contribution in [-0.2, 0) is 13.2 Å². The van der Waals surface area contributed by atoms with E-state index < -0.39 is 18.1 Å². The van der Waals surface area contributed by atoms with Gasteiger partial charge in [-0.2, -0.15) is 13.2 Å². The van der Waals surface area contributed by atoms with Crippen molar-refractivity contribution in [1.82, 2.24) is 5.32 Å². The van der Waals surface area contributed by atoms with Gasteiger partial charge in [0.1, 0.15) is 0 Å². The number of rotatable bonds is 4. The monoisotopic (exact) mass is 287 g/mol. The summed E-state index contributed by atoms with van der Waals surface area (Å²) in [5.74, 6) is -1.23. The van der Waals surface area contributed by atoms with Crippen LogP contribution in [0.25, 0.3) is 0 Å². The van der Waals surface area contributed by atoms with Crippen molar-refractivity contribution in [1.29, 1.82) is 0 Å². The van der Waals surface area contributed by atoms with E-state index in [-0.39, 0.29) is 13.0 Å². The van der Waals surface area contributed by atoms with Crippen molar-refractivity contribution < 1.29 is 18.3 Å². The number of halogens is 3. The van der Waals surface area contributed by atoms with E-state index in [9.17, 15) is 13.2 Å². The molecule has 1 aromatic carbocycles. The molecule has 2 nitrogen and oxygen atoms in total. The van der Waals surface area contributed by atoms with E-state index in [0.717, 1.165) is 17.5 Å². The van der Waals surface area contributed by atoms with Crippen LogP contribution in [0.4, 0.5) is 13.2 Å². The molecular weight excluding hydrogens is 267 g/mol. The van der Waals surface area contributed by atoms with Gasteiger partial charge in [0.25, 0.3) is 0 Å². The van der Waals surface area contributed by atoms with Crippen molar-refractivity contribution in [2.75, 3.05) is 0 Å². The molecule has 112 valence electrons. The lowest BCUT2D eigenvalue weighted by atomic mass is 9.84. The maximum Gasteiger partial charge on any atom is 0.393 e. The van der Waals surface area contributed by atoms with Crippen LogP contribution in [0.2, 0.25) is 0 Å². The largest absolute Gasteiger partial charge is 0.393 e. The molecule has 0 heterocycles. The first-order chi connectivity index (χ1) is 9.50. The van der Waals surface area contributed by atoms with E-state index in [4.69, 9.17) is 5.11 Å². The molecule has 2 atom stereocenters. The lowest BCUT2D eigenvalue weighted by Gasteiger charge is -2.33. The number of nitrogens with one attached hydrogen (secondary N) is 1. The average molecular weight is 287 g/mol. The van der Waals surface area contributed by atoms with Gasteiger partial charge in [-0.3, -0.25) is 0 Å². The lowest BCUT2D eigenvalue weighted by Crippen LogP contribution is -2.45. The molecule has 0 saturated heterocycles. The first-order valence-corrected chi connectivity index (χ1v) is 6.99. The fourth-order valence-corrected chi connectivity index (χ4v) is 2.78. The van der Waals surface area contributed by atoms with Crippen molar-refractivity contribution in [3.8, 4) is 0 Å². The maximum absolute atomic E-state index is 12.9. The summed E-state index contributed by atoms with van der Waals surface area (Å²) >= 11 is 0. The highest BCUT2D eigenvalue weighted by Crippen LogP contribution is 2.37. The molecule has 0 spiro atoms. The molecule has 1 saturated carbocycles. The molecule has 0 bridgehead atoms. The van der Waals surface area contributed by atoms with Crippen LogP contribution in [0, 0.1) is 5.92 Å². The maximum atomic E-state index is 12.9. The van der Waals surface area contributed by atoms with Crippen molar-refractivity contribution >= 4 is 0 Å². The first kappa shape index (κ1) is 15.3. The van der Waals surface area contributed by atoms with Crippen LogP contribution in [0.3, 0.4) is 0 Å². The third-order valence-corrected chi connectivity index (χ3v) is 3.96. The van der Waals surface area contributed by atoms with Crippen LogP contribution in [0.15, 0.2) is 24.3 Å². The minimum atomic E-state index is -4.11. The summed E-state index contributed by atoms with van der Waals surface area (Å²) in [6, 6.07) is 6.77. The zero-order valence-electron chi connectivity index (χ0n) is 11.3. The Kier molecular flexibility index (Phi) is 5.05. The standard InChI is InChI=1S/C15H20F3NO/c16-15(17,18)13-3-1-2-4-14(13)19-9-11-5-7-12(10-20)8-6-11/h5-8,13-14,19-20H,1-4,9-10H2. The average Bonchev–Trinajstić information content (AvgIpc) is 2.45. The highest BCUT2D eigenvalue weighted by molar-refractivity contribution is 5.21. The third-order valence-electron chi connectivity index (χ3n) is 3.96. The summed E-state index contributed by atoms with van der Waals surface area (Å²) in [5, 5.41) is 12.0. The van der Waals surface area contributed by atoms with E-state index in [1.165, 1.54) is 0 Å². The van der Waals surface area contributed by atoms with E-state index in [1.807, 2.05) is 12.1 Å². The summed E-state index contributed by atoms with van der Waals surface area (Å²) in [4.78, 5) is 0. The van der Waals surface area contributed by atoms with Crippen LogP contribution in [0.1, 0.15) is 36.8 Å². The Morgan fingerprint density at radius 2 is 1.65 bits per heavy atom. The molecule has 0 amide bonds. The molecule has 5 heteroatoms. The molecule has 1 aromatic rings. The topological polar surface area (TPSA) is 32.3 Å². The molecular formula is C15H20F3NO. The highest BCUT2D eigenvalue weighted by Gasteiger charge is 2.45. The van der Waals surface area contributed by atoms with Crippen molar-refractivity contribution in [2.45, 2.75) is 51.1 Å². The molecule has 20 heavy (non-hydrogen) atoms. The Balaban J connectivity index is 1.93. The number of aliphatic hydroxyl groups is 1. The number of benzene rings is 1. The van der Waals surface area contributed by atoms with Gasteiger partial charge in [0.05, 0.1) is 12.5 Å². The van der Waals surface area contributed by atoms with Gasteiger partial charge in [-0.25, -0.2) is 0 Å². The zero-order valence-corrected chi connectivity index (χ0v) is 11.3. The highest BCUT2D eigenvalue weighted by atomic mass is 19.4. The van der Waals surface area contributed by atoms with Gasteiger partial charge in [0.15, 0.2) is 0 Å². The van der Waals surface area contributed by atoms with Crippen LogP contribution >= 0.6 is 0 Å². The first-order valence-electron chi connectivity index (χ1n) is 6.99. The molecule has 1 aliphatic carbocycles. The van der Waals surface area contributed by atoms with Gasteiger partial charge in [-0.15, -0.1) is 0 Å². The molecule has 2 N–H and O–H groups in total. The van der Waals surface area contributed by atoms with Crippen molar-refractivity contribution in [3.63, 3.8) is 0 Å². The summed E-state index contributed by atoms with van der Waals surface area (Å²) in [5.41, 5.74) is 1.74. The second-order valence-electron chi connectivity index (χ2n) is 5.39. The van der Waals surface area contributed by atoms with Crippen LogP contribution < -0.4 is 5.32 Å². The van der Waals surface area contributed by atoms with Crippen LogP contribution in [-0.4, -0.2) is 17.3 Å². The predicted octanol–water partition coefficient (Wildman–Crippen LogP) is 3.39. The summed E-state index contributed by atoms with van der Waals surface area (Å²) < 4.78 is 38.8. The van der Waals surface area contributed by atoms with Crippen molar-refractivity contribution in [2.24, 2.45) is 5.92 Å². The number of alkyl halides is 3. The molecule has 1 aliphatic rings. The fraction of sp³-hybridized carbons (Fsp3) is 0.600. The van der Waals surface area contributed by atoms with E-state index in [1.54, 1.807) is 12.1 Å². The van der Waals surface area contributed by atoms with E-state index >= 15 is 0 Å². The van der Waals surface area contributed by atoms with Gasteiger partial charge in [0, 0.05) is 12.6 Å². The molecule has 2 unspecified atom stereocenters. The normalized spacial score (nSPS) is 23.8. The number of hydrogen-bond acceptors (Lipinski definition) is 2. The van der Waals surface area contributed by atoms with Gasteiger partial charge < -0.3 is 10.4 Å². The smallest absolute Gasteiger partial charge is 0.392 e. The Morgan fingerprint density at radius 3 is 2.25 bits per heavy atom.